The molecule has 1 aromatic rings. The number of aliphatic carboxylic acids is 1. The lowest BCUT2D eigenvalue weighted by molar-refractivity contribution is -0.148. The van der Waals surface area contributed by atoms with Gasteiger partial charge < -0.3 is 20.9 Å². The topological polar surface area (TPSA) is 102 Å². The average molecular weight is 264 g/mol. The van der Waals surface area contributed by atoms with Gasteiger partial charge in [-0.3, -0.25) is 9.59 Å². The molecule has 1 heterocycles. The zero-order valence-corrected chi connectivity index (χ0v) is 10.6. The normalized spacial score (nSPS) is 26.1. The summed E-state index contributed by atoms with van der Waals surface area (Å²) in [6.07, 6.45) is 0. The van der Waals surface area contributed by atoms with Gasteiger partial charge in [-0.2, -0.15) is 0 Å². The molecule has 1 amide bonds. The molecule has 0 aliphatic carbocycles. The molecule has 2 unspecified atom stereocenters. The molecule has 0 bridgehead atoms. The zero-order valence-electron chi connectivity index (χ0n) is 10.6. The van der Waals surface area contributed by atoms with E-state index in [-0.39, 0.29) is 12.6 Å². The number of primary amides is 1. The minimum Gasteiger partial charge on any atom is -0.481 e. The molecule has 4 N–H and O–H groups in total. The molecular formula is C13H16N2O4. The van der Waals surface area contributed by atoms with Gasteiger partial charge in [-0.05, 0) is 31.2 Å². The molecule has 0 aromatic heterocycles. The van der Waals surface area contributed by atoms with Crippen LogP contribution in [0.3, 0.4) is 0 Å². The number of carbonyl (C=O) groups excluding carboxylic acids is 1. The van der Waals surface area contributed by atoms with Crippen LogP contribution in [0.5, 0.6) is 0 Å². The van der Waals surface area contributed by atoms with Gasteiger partial charge in [0.25, 0.3) is 0 Å². The Morgan fingerprint density at radius 3 is 2.58 bits per heavy atom. The largest absolute Gasteiger partial charge is 0.481 e. The Labute approximate surface area is 110 Å². The van der Waals surface area contributed by atoms with Crippen LogP contribution in [0.4, 0.5) is 5.69 Å². The van der Waals surface area contributed by atoms with Crippen LogP contribution in [0.1, 0.15) is 17.3 Å². The third-order valence-corrected chi connectivity index (χ3v) is 3.45. The van der Waals surface area contributed by atoms with E-state index in [2.05, 4.69) is 5.32 Å². The van der Waals surface area contributed by atoms with E-state index in [1.165, 1.54) is 0 Å². The fourth-order valence-corrected chi connectivity index (χ4v) is 2.02. The van der Waals surface area contributed by atoms with Crippen LogP contribution in [0.25, 0.3) is 0 Å². The summed E-state index contributed by atoms with van der Waals surface area (Å²) in [6, 6.07) is 6.27. The minimum atomic E-state index is -0.956. The maximum absolute atomic E-state index is 11.3. The lowest BCUT2D eigenvalue weighted by atomic mass is 9.85. The van der Waals surface area contributed by atoms with E-state index in [1.54, 1.807) is 31.2 Å². The molecule has 1 aliphatic heterocycles. The molecule has 1 aliphatic rings. The Bertz CT molecular complexity index is 500. The quantitative estimate of drug-likeness (QED) is 0.742. The number of nitrogens with two attached hydrogens (primary N) is 1. The molecule has 102 valence electrons. The van der Waals surface area contributed by atoms with Crippen LogP contribution in [-0.2, 0) is 9.53 Å². The van der Waals surface area contributed by atoms with Gasteiger partial charge in [0.1, 0.15) is 5.41 Å². The number of hydrogen-bond donors (Lipinski definition) is 3. The first kappa shape index (κ1) is 13.4. The number of carboxylic acid groups (broad SMARTS) is 1. The molecule has 6 heteroatoms. The molecule has 0 radical (unpaired) electrons. The first-order valence-electron chi connectivity index (χ1n) is 5.91. The number of carboxylic acids is 1. The van der Waals surface area contributed by atoms with E-state index in [0.29, 0.717) is 12.2 Å². The summed E-state index contributed by atoms with van der Waals surface area (Å²) < 4.78 is 5.25. The summed E-state index contributed by atoms with van der Waals surface area (Å²) in [4.78, 5) is 22.2. The predicted octanol–water partition coefficient (Wildman–Crippen LogP) is 0.687. The average Bonchev–Trinajstić information content (AvgIpc) is 2.73. The summed E-state index contributed by atoms with van der Waals surface area (Å²) in [5.41, 5.74) is 5.34. The van der Waals surface area contributed by atoms with Crippen LogP contribution < -0.4 is 11.1 Å². The Hall–Kier alpha value is -2.08. The van der Waals surface area contributed by atoms with Crippen molar-refractivity contribution < 1.29 is 19.4 Å². The number of hydrogen-bond acceptors (Lipinski definition) is 4. The Balaban J connectivity index is 2.12. The molecular weight excluding hydrogens is 248 g/mol. The van der Waals surface area contributed by atoms with Gasteiger partial charge in [0, 0.05) is 11.3 Å². The van der Waals surface area contributed by atoms with E-state index in [0.717, 1.165) is 5.69 Å². The smallest absolute Gasteiger partial charge is 0.313 e. The van der Waals surface area contributed by atoms with Gasteiger partial charge in [-0.25, -0.2) is 0 Å². The number of ether oxygens (including phenoxy) is 1. The van der Waals surface area contributed by atoms with Crippen LogP contribution in [0.15, 0.2) is 24.3 Å². The van der Waals surface area contributed by atoms with Crippen molar-refractivity contribution in [1.82, 2.24) is 0 Å². The van der Waals surface area contributed by atoms with Crippen molar-refractivity contribution in [3.63, 3.8) is 0 Å². The lowest BCUT2D eigenvalue weighted by Crippen LogP contribution is -2.43. The number of rotatable bonds is 4. The second-order valence-corrected chi connectivity index (χ2v) is 4.88. The fraction of sp³-hybridized carbons (Fsp3) is 0.385. The van der Waals surface area contributed by atoms with Crippen molar-refractivity contribution in [2.75, 3.05) is 18.5 Å². The maximum Gasteiger partial charge on any atom is 0.313 e. The summed E-state index contributed by atoms with van der Waals surface area (Å²) in [5, 5.41) is 12.4. The van der Waals surface area contributed by atoms with Crippen molar-refractivity contribution >= 4 is 17.6 Å². The monoisotopic (exact) mass is 264 g/mol. The van der Waals surface area contributed by atoms with Crippen molar-refractivity contribution in [3.05, 3.63) is 29.8 Å². The molecule has 2 rings (SSSR count). The number of anilines is 1. The van der Waals surface area contributed by atoms with Gasteiger partial charge in [-0.1, -0.05) is 0 Å². The van der Waals surface area contributed by atoms with E-state index < -0.39 is 17.3 Å². The summed E-state index contributed by atoms with van der Waals surface area (Å²) in [5.74, 6) is -1.39. The molecule has 2 atom stereocenters. The Morgan fingerprint density at radius 1 is 1.42 bits per heavy atom. The van der Waals surface area contributed by atoms with E-state index in [1.807, 2.05) is 0 Å². The zero-order chi connectivity index (χ0) is 14.0. The number of nitrogens with one attached hydrogen (secondary N) is 1. The lowest BCUT2D eigenvalue weighted by Gasteiger charge is -2.26. The van der Waals surface area contributed by atoms with Crippen LogP contribution in [0.2, 0.25) is 0 Å². The predicted molar refractivity (Wildman–Crippen MR) is 68.9 cm³/mol. The van der Waals surface area contributed by atoms with Gasteiger partial charge in [0.05, 0.1) is 19.3 Å². The van der Waals surface area contributed by atoms with Crippen LogP contribution >= 0.6 is 0 Å². The van der Waals surface area contributed by atoms with Gasteiger partial charge in [0.2, 0.25) is 5.91 Å². The second-order valence-electron chi connectivity index (χ2n) is 4.88. The Morgan fingerprint density at radius 2 is 2.05 bits per heavy atom. The minimum absolute atomic E-state index is 0.180. The summed E-state index contributed by atoms with van der Waals surface area (Å²) >= 11 is 0. The van der Waals surface area contributed by atoms with Crippen molar-refractivity contribution in [2.24, 2.45) is 11.1 Å². The Kier molecular flexibility index (Phi) is 3.44. The van der Waals surface area contributed by atoms with E-state index >= 15 is 0 Å². The number of amides is 1. The van der Waals surface area contributed by atoms with Gasteiger partial charge >= 0.3 is 5.97 Å². The molecule has 0 spiro atoms. The maximum atomic E-state index is 11.3. The second kappa shape index (κ2) is 4.89. The molecule has 1 saturated heterocycles. The SMILES string of the molecule is CC1(C(=O)O)COCC1Nc1ccc(C(N)=O)cc1. The van der Waals surface area contributed by atoms with Gasteiger partial charge in [-0.15, -0.1) is 0 Å². The fourth-order valence-electron chi connectivity index (χ4n) is 2.02. The molecule has 0 saturated carbocycles. The van der Waals surface area contributed by atoms with Crippen molar-refractivity contribution in [1.29, 1.82) is 0 Å². The third kappa shape index (κ3) is 2.53. The highest BCUT2D eigenvalue weighted by Crippen LogP contribution is 2.31. The third-order valence-electron chi connectivity index (χ3n) is 3.45. The molecule has 1 aromatic carbocycles. The van der Waals surface area contributed by atoms with Crippen LogP contribution in [0, 0.1) is 5.41 Å². The first-order chi connectivity index (χ1) is 8.93. The van der Waals surface area contributed by atoms with Gasteiger partial charge in [0.15, 0.2) is 0 Å². The van der Waals surface area contributed by atoms with E-state index in [4.69, 9.17) is 10.5 Å². The molecule has 1 fully saturated rings. The van der Waals surface area contributed by atoms with Crippen molar-refractivity contribution in [2.45, 2.75) is 13.0 Å². The van der Waals surface area contributed by atoms with E-state index in [9.17, 15) is 14.7 Å². The number of benzene rings is 1. The standard InChI is InChI=1S/C13H16N2O4/c1-13(12(17)18)7-19-6-10(13)15-9-4-2-8(3-5-9)11(14)16/h2-5,10,15H,6-7H2,1H3,(H2,14,16)(H,17,18). The highest BCUT2D eigenvalue weighted by Gasteiger charge is 2.46. The highest BCUT2D eigenvalue weighted by molar-refractivity contribution is 5.93. The summed E-state index contributed by atoms with van der Waals surface area (Å²) in [7, 11) is 0. The first-order valence-corrected chi connectivity index (χ1v) is 5.91. The van der Waals surface area contributed by atoms with Crippen LogP contribution in [-0.4, -0.2) is 36.2 Å². The van der Waals surface area contributed by atoms with Crippen molar-refractivity contribution in [3.8, 4) is 0 Å². The number of carbonyl (C=O) groups is 2. The summed E-state index contributed by atoms with van der Waals surface area (Å²) in [6.45, 7) is 2.16. The molecule has 6 nitrogen and oxygen atoms in total. The molecule has 19 heavy (non-hydrogen) atoms. The highest BCUT2D eigenvalue weighted by atomic mass is 16.5.